The van der Waals surface area contributed by atoms with Crippen molar-refractivity contribution >= 4 is 38.3 Å². The van der Waals surface area contributed by atoms with Crippen molar-refractivity contribution in [3.05, 3.63) is 34.1 Å². The minimum atomic E-state index is 0.0265. The molecule has 1 aromatic heterocycles. The predicted molar refractivity (Wildman–Crippen MR) is 94.2 cm³/mol. The molecule has 0 saturated carbocycles. The summed E-state index contributed by atoms with van der Waals surface area (Å²) in [6, 6.07) is 8.00. The van der Waals surface area contributed by atoms with Crippen LogP contribution in [0.3, 0.4) is 0 Å². The molecule has 1 amide bonds. The summed E-state index contributed by atoms with van der Waals surface area (Å²) in [6.07, 6.45) is 3.66. The van der Waals surface area contributed by atoms with Crippen molar-refractivity contribution in [2.75, 3.05) is 25.0 Å². The zero-order chi connectivity index (χ0) is 15.4. The second-order valence-electron chi connectivity index (χ2n) is 5.43. The van der Waals surface area contributed by atoms with E-state index in [-0.39, 0.29) is 5.91 Å². The molecular weight excluding hydrogens is 362 g/mol. The smallest absolute Gasteiger partial charge is 0.240 e. The standard InChI is InChI=1S/C16H18BrN3OS/c17-13-6-4-12(5-7-13)14-11-22-16(18-14)19-15(21)10-20-8-2-1-3-9-20/h4-7,11H,1-3,8-10H2,(H,18,19,21). The predicted octanol–water partition coefficient (Wildman–Crippen LogP) is 4.00. The largest absolute Gasteiger partial charge is 0.301 e. The number of nitrogens with one attached hydrogen (secondary N) is 1. The Morgan fingerprint density at radius 1 is 1.23 bits per heavy atom. The Balaban J connectivity index is 1.59. The van der Waals surface area contributed by atoms with Crippen LogP contribution in [0.1, 0.15) is 19.3 Å². The normalized spacial score (nSPS) is 15.7. The van der Waals surface area contributed by atoms with Gasteiger partial charge in [-0.15, -0.1) is 11.3 Å². The van der Waals surface area contributed by atoms with Gasteiger partial charge in [0.05, 0.1) is 12.2 Å². The van der Waals surface area contributed by atoms with Gasteiger partial charge >= 0.3 is 0 Å². The molecule has 1 saturated heterocycles. The number of anilines is 1. The van der Waals surface area contributed by atoms with Crippen molar-refractivity contribution in [3.63, 3.8) is 0 Å². The maximum atomic E-state index is 12.1. The van der Waals surface area contributed by atoms with Crippen LogP contribution in [-0.2, 0) is 4.79 Å². The quantitative estimate of drug-likeness (QED) is 0.872. The molecule has 0 bridgehead atoms. The molecule has 1 aromatic carbocycles. The Morgan fingerprint density at radius 2 is 1.95 bits per heavy atom. The molecule has 6 heteroatoms. The van der Waals surface area contributed by atoms with Crippen molar-refractivity contribution < 1.29 is 4.79 Å². The molecule has 3 rings (SSSR count). The molecule has 22 heavy (non-hydrogen) atoms. The van der Waals surface area contributed by atoms with Crippen LogP contribution in [0.15, 0.2) is 34.1 Å². The molecule has 1 fully saturated rings. The number of amides is 1. The first-order chi connectivity index (χ1) is 10.7. The summed E-state index contributed by atoms with van der Waals surface area (Å²) in [4.78, 5) is 18.8. The van der Waals surface area contributed by atoms with E-state index in [2.05, 4.69) is 31.1 Å². The fraction of sp³-hybridized carbons (Fsp3) is 0.375. The Kier molecular flexibility index (Phi) is 5.23. The number of hydrogen-bond acceptors (Lipinski definition) is 4. The Morgan fingerprint density at radius 3 is 2.68 bits per heavy atom. The van der Waals surface area contributed by atoms with Crippen LogP contribution < -0.4 is 5.32 Å². The van der Waals surface area contributed by atoms with Crippen molar-refractivity contribution in [2.45, 2.75) is 19.3 Å². The van der Waals surface area contributed by atoms with E-state index in [1.54, 1.807) is 0 Å². The van der Waals surface area contributed by atoms with Gasteiger partial charge in [0.2, 0.25) is 5.91 Å². The van der Waals surface area contributed by atoms with Crippen LogP contribution in [0, 0.1) is 0 Å². The molecule has 0 atom stereocenters. The van der Waals surface area contributed by atoms with Crippen molar-refractivity contribution in [1.29, 1.82) is 0 Å². The zero-order valence-electron chi connectivity index (χ0n) is 12.2. The topological polar surface area (TPSA) is 45.2 Å². The van der Waals surface area contributed by atoms with Crippen LogP contribution in [0.2, 0.25) is 0 Å². The number of nitrogens with zero attached hydrogens (tertiary/aromatic N) is 2. The van der Waals surface area contributed by atoms with E-state index in [1.165, 1.54) is 30.6 Å². The fourth-order valence-corrected chi connectivity index (χ4v) is 3.56. The molecule has 0 unspecified atom stereocenters. The first-order valence-electron chi connectivity index (χ1n) is 7.44. The van der Waals surface area contributed by atoms with E-state index >= 15 is 0 Å². The lowest BCUT2D eigenvalue weighted by Gasteiger charge is -2.25. The first-order valence-corrected chi connectivity index (χ1v) is 9.12. The van der Waals surface area contributed by atoms with Crippen LogP contribution >= 0.6 is 27.3 Å². The van der Waals surface area contributed by atoms with Crippen molar-refractivity contribution in [1.82, 2.24) is 9.88 Å². The third-order valence-electron chi connectivity index (χ3n) is 3.71. The van der Waals surface area contributed by atoms with Crippen LogP contribution in [0.4, 0.5) is 5.13 Å². The van der Waals surface area contributed by atoms with E-state index in [0.29, 0.717) is 11.7 Å². The van der Waals surface area contributed by atoms with E-state index < -0.39 is 0 Å². The molecule has 1 aliphatic rings. The van der Waals surface area contributed by atoms with Crippen LogP contribution in [0.5, 0.6) is 0 Å². The summed E-state index contributed by atoms with van der Waals surface area (Å²) in [7, 11) is 0. The van der Waals surface area contributed by atoms with Gasteiger partial charge in [-0.05, 0) is 38.1 Å². The molecule has 1 N–H and O–H groups in total. The number of thiazole rings is 1. The number of piperidine rings is 1. The number of carbonyl (C=O) groups is 1. The van der Waals surface area contributed by atoms with Crippen molar-refractivity contribution in [2.24, 2.45) is 0 Å². The highest BCUT2D eigenvalue weighted by Crippen LogP contribution is 2.26. The number of aromatic nitrogens is 1. The highest BCUT2D eigenvalue weighted by Gasteiger charge is 2.15. The number of likely N-dealkylation sites (tertiary alicyclic amines) is 1. The van der Waals surface area contributed by atoms with Gasteiger partial charge in [0.1, 0.15) is 0 Å². The lowest BCUT2D eigenvalue weighted by Crippen LogP contribution is -2.36. The van der Waals surface area contributed by atoms with E-state index in [1.807, 2.05) is 29.6 Å². The molecule has 2 aromatic rings. The van der Waals surface area contributed by atoms with E-state index in [0.717, 1.165) is 28.8 Å². The summed E-state index contributed by atoms with van der Waals surface area (Å²) in [5.74, 6) is 0.0265. The maximum absolute atomic E-state index is 12.1. The van der Waals surface area contributed by atoms with Gasteiger partial charge in [0.25, 0.3) is 0 Å². The van der Waals surface area contributed by atoms with Gasteiger partial charge in [-0.25, -0.2) is 4.98 Å². The third kappa shape index (κ3) is 4.15. The summed E-state index contributed by atoms with van der Waals surface area (Å²) in [6.45, 7) is 2.51. The van der Waals surface area contributed by atoms with Gasteiger partial charge in [-0.2, -0.15) is 0 Å². The Bertz CT molecular complexity index is 635. The van der Waals surface area contributed by atoms with Gasteiger partial charge < -0.3 is 5.32 Å². The van der Waals surface area contributed by atoms with Gasteiger partial charge in [0, 0.05) is 15.4 Å². The molecular formula is C16H18BrN3OS. The van der Waals surface area contributed by atoms with Crippen molar-refractivity contribution in [3.8, 4) is 11.3 Å². The number of carbonyl (C=O) groups excluding carboxylic acids is 1. The Hall–Kier alpha value is -1.24. The summed E-state index contributed by atoms with van der Waals surface area (Å²) < 4.78 is 1.04. The van der Waals surface area contributed by atoms with E-state index in [4.69, 9.17) is 0 Å². The van der Waals surface area contributed by atoms with Gasteiger partial charge in [-0.1, -0.05) is 34.5 Å². The second-order valence-corrected chi connectivity index (χ2v) is 7.20. The molecule has 0 radical (unpaired) electrons. The lowest BCUT2D eigenvalue weighted by atomic mass is 10.1. The number of benzene rings is 1. The molecule has 116 valence electrons. The number of hydrogen-bond donors (Lipinski definition) is 1. The van der Waals surface area contributed by atoms with Crippen LogP contribution in [-0.4, -0.2) is 35.4 Å². The average Bonchev–Trinajstić information content (AvgIpc) is 2.97. The molecule has 1 aliphatic heterocycles. The molecule has 2 heterocycles. The maximum Gasteiger partial charge on any atom is 0.240 e. The summed E-state index contributed by atoms with van der Waals surface area (Å²) in [5.41, 5.74) is 1.95. The number of rotatable bonds is 4. The second kappa shape index (κ2) is 7.35. The molecule has 0 spiro atoms. The first kappa shape index (κ1) is 15.6. The Labute approximate surface area is 142 Å². The summed E-state index contributed by atoms with van der Waals surface area (Å²) in [5, 5.41) is 5.55. The number of halogens is 1. The third-order valence-corrected chi connectivity index (χ3v) is 4.99. The lowest BCUT2D eigenvalue weighted by molar-refractivity contribution is -0.117. The van der Waals surface area contributed by atoms with E-state index in [9.17, 15) is 4.79 Å². The average molecular weight is 380 g/mol. The van der Waals surface area contributed by atoms with Gasteiger partial charge in [-0.3, -0.25) is 9.69 Å². The highest BCUT2D eigenvalue weighted by molar-refractivity contribution is 9.10. The van der Waals surface area contributed by atoms with Crippen LogP contribution in [0.25, 0.3) is 11.3 Å². The SMILES string of the molecule is O=C(CN1CCCCC1)Nc1nc(-c2ccc(Br)cc2)cs1. The fourth-order valence-electron chi connectivity index (χ4n) is 2.56. The highest BCUT2D eigenvalue weighted by atomic mass is 79.9. The van der Waals surface area contributed by atoms with Gasteiger partial charge in [0.15, 0.2) is 5.13 Å². The monoisotopic (exact) mass is 379 g/mol. The molecule has 0 aliphatic carbocycles. The zero-order valence-corrected chi connectivity index (χ0v) is 14.6. The summed E-state index contributed by atoms with van der Waals surface area (Å²) >= 11 is 4.89. The molecule has 4 nitrogen and oxygen atoms in total. The minimum absolute atomic E-state index is 0.0265. The minimum Gasteiger partial charge on any atom is -0.301 e.